The number of carbonyl (C=O) groups is 1. The van der Waals surface area contributed by atoms with Crippen LogP contribution in [0.2, 0.25) is 0 Å². The van der Waals surface area contributed by atoms with Crippen LogP contribution in [0.5, 0.6) is 0 Å². The Balaban J connectivity index is 1.57. The minimum absolute atomic E-state index is 0.114. The van der Waals surface area contributed by atoms with E-state index in [0.29, 0.717) is 12.2 Å². The SMILES string of the molecule is N#Cc1cc(CN2CC[C@H](NCc3ccsc3)C2=O)ccn1. The summed E-state index contributed by atoms with van der Waals surface area (Å²) in [5.41, 5.74) is 2.54. The van der Waals surface area contributed by atoms with Gasteiger partial charge in [-0.25, -0.2) is 4.98 Å². The first-order valence-electron chi connectivity index (χ1n) is 7.14. The number of carbonyl (C=O) groups excluding carboxylic acids is 1. The highest BCUT2D eigenvalue weighted by atomic mass is 32.1. The predicted molar refractivity (Wildman–Crippen MR) is 83.9 cm³/mol. The first-order valence-corrected chi connectivity index (χ1v) is 8.09. The molecule has 1 atom stereocenters. The molecule has 0 unspecified atom stereocenters. The molecule has 0 aromatic carbocycles. The molecule has 2 aromatic rings. The largest absolute Gasteiger partial charge is 0.337 e. The summed E-state index contributed by atoms with van der Waals surface area (Å²) in [4.78, 5) is 18.2. The zero-order valence-corrected chi connectivity index (χ0v) is 12.8. The van der Waals surface area contributed by atoms with E-state index in [0.717, 1.165) is 25.1 Å². The topological polar surface area (TPSA) is 69.0 Å². The highest BCUT2D eigenvalue weighted by molar-refractivity contribution is 7.07. The van der Waals surface area contributed by atoms with Crippen molar-refractivity contribution < 1.29 is 4.79 Å². The van der Waals surface area contributed by atoms with Gasteiger partial charge in [-0.15, -0.1) is 0 Å². The number of hydrogen-bond acceptors (Lipinski definition) is 5. The summed E-state index contributed by atoms with van der Waals surface area (Å²) in [6.07, 6.45) is 2.43. The molecule has 1 N–H and O–H groups in total. The van der Waals surface area contributed by atoms with E-state index in [1.54, 1.807) is 23.6 Å². The van der Waals surface area contributed by atoms with Crippen LogP contribution in [-0.2, 0) is 17.9 Å². The maximum atomic E-state index is 12.4. The average molecular weight is 312 g/mol. The Morgan fingerprint density at radius 2 is 2.36 bits per heavy atom. The van der Waals surface area contributed by atoms with Gasteiger partial charge in [0, 0.05) is 25.8 Å². The molecule has 0 aliphatic carbocycles. The van der Waals surface area contributed by atoms with Crippen molar-refractivity contribution in [3.8, 4) is 6.07 Å². The van der Waals surface area contributed by atoms with Gasteiger partial charge in [0.1, 0.15) is 11.8 Å². The van der Waals surface area contributed by atoms with Crippen molar-refractivity contribution in [2.75, 3.05) is 6.54 Å². The first kappa shape index (κ1) is 14.7. The summed E-state index contributed by atoms with van der Waals surface area (Å²) in [7, 11) is 0. The second kappa shape index (κ2) is 6.69. The molecular formula is C16H16N4OS. The number of amides is 1. The minimum Gasteiger partial charge on any atom is -0.337 e. The fourth-order valence-corrected chi connectivity index (χ4v) is 3.24. The third-order valence-corrected chi connectivity index (χ3v) is 4.47. The van der Waals surface area contributed by atoms with E-state index in [2.05, 4.69) is 21.7 Å². The lowest BCUT2D eigenvalue weighted by molar-refractivity contribution is -0.129. The van der Waals surface area contributed by atoms with Crippen molar-refractivity contribution in [1.82, 2.24) is 15.2 Å². The van der Waals surface area contributed by atoms with Crippen molar-refractivity contribution in [3.05, 3.63) is 52.0 Å². The van der Waals surface area contributed by atoms with Gasteiger partial charge in [-0.1, -0.05) is 0 Å². The van der Waals surface area contributed by atoms with Crippen LogP contribution in [-0.4, -0.2) is 28.4 Å². The average Bonchev–Trinajstić information content (AvgIpc) is 3.17. The molecule has 0 saturated carbocycles. The molecule has 2 aromatic heterocycles. The van der Waals surface area contributed by atoms with Crippen LogP contribution in [0.15, 0.2) is 35.2 Å². The summed E-state index contributed by atoms with van der Waals surface area (Å²) >= 11 is 1.66. The highest BCUT2D eigenvalue weighted by Gasteiger charge is 2.31. The Bertz CT molecular complexity index is 692. The molecule has 3 rings (SSSR count). The van der Waals surface area contributed by atoms with Crippen molar-refractivity contribution in [2.24, 2.45) is 0 Å². The molecule has 1 aliphatic rings. The second-order valence-corrected chi connectivity index (χ2v) is 6.05. The van der Waals surface area contributed by atoms with Crippen molar-refractivity contribution >= 4 is 17.2 Å². The lowest BCUT2D eigenvalue weighted by Crippen LogP contribution is -2.37. The van der Waals surface area contributed by atoms with Crippen LogP contribution < -0.4 is 5.32 Å². The third kappa shape index (κ3) is 3.32. The first-order chi connectivity index (χ1) is 10.8. The Morgan fingerprint density at radius 1 is 1.45 bits per heavy atom. The molecule has 6 heteroatoms. The lowest BCUT2D eigenvalue weighted by atomic mass is 10.2. The minimum atomic E-state index is -0.114. The summed E-state index contributed by atoms with van der Waals surface area (Å²) in [6.45, 7) is 2.00. The molecule has 1 fully saturated rings. The molecule has 5 nitrogen and oxygen atoms in total. The van der Waals surface area contributed by atoms with E-state index in [4.69, 9.17) is 5.26 Å². The summed E-state index contributed by atoms with van der Waals surface area (Å²) in [6, 6.07) is 7.56. The molecule has 1 aliphatic heterocycles. The van der Waals surface area contributed by atoms with Gasteiger partial charge in [-0.05, 0) is 46.5 Å². The fraction of sp³-hybridized carbons (Fsp3) is 0.312. The Kier molecular flexibility index (Phi) is 4.47. The number of nitrogens with one attached hydrogen (secondary N) is 1. The van der Waals surface area contributed by atoms with E-state index in [-0.39, 0.29) is 11.9 Å². The van der Waals surface area contributed by atoms with Crippen LogP contribution >= 0.6 is 11.3 Å². The molecule has 1 amide bonds. The Labute approximate surface area is 133 Å². The number of likely N-dealkylation sites (tertiary alicyclic amines) is 1. The number of rotatable bonds is 5. The van der Waals surface area contributed by atoms with E-state index in [9.17, 15) is 4.79 Å². The number of nitrogens with zero attached hydrogens (tertiary/aromatic N) is 3. The number of hydrogen-bond donors (Lipinski definition) is 1. The van der Waals surface area contributed by atoms with Crippen molar-refractivity contribution in [2.45, 2.75) is 25.6 Å². The van der Waals surface area contributed by atoms with Crippen LogP contribution in [0.1, 0.15) is 23.2 Å². The van der Waals surface area contributed by atoms with Gasteiger partial charge >= 0.3 is 0 Å². The van der Waals surface area contributed by atoms with E-state index in [1.165, 1.54) is 5.56 Å². The van der Waals surface area contributed by atoms with Gasteiger partial charge in [0.15, 0.2) is 0 Å². The molecule has 1 saturated heterocycles. The van der Waals surface area contributed by atoms with Crippen LogP contribution in [0.4, 0.5) is 0 Å². The maximum Gasteiger partial charge on any atom is 0.240 e. The van der Waals surface area contributed by atoms with E-state index in [1.807, 2.05) is 22.4 Å². The monoisotopic (exact) mass is 312 g/mol. The van der Waals surface area contributed by atoms with E-state index < -0.39 is 0 Å². The molecular weight excluding hydrogens is 296 g/mol. The number of pyridine rings is 1. The normalized spacial score (nSPS) is 17.7. The van der Waals surface area contributed by atoms with Crippen LogP contribution in [0, 0.1) is 11.3 Å². The highest BCUT2D eigenvalue weighted by Crippen LogP contribution is 2.16. The zero-order valence-electron chi connectivity index (χ0n) is 12.0. The molecule has 22 heavy (non-hydrogen) atoms. The van der Waals surface area contributed by atoms with Crippen molar-refractivity contribution in [3.63, 3.8) is 0 Å². The molecule has 0 radical (unpaired) electrons. The van der Waals surface area contributed by atoms with Gasteiger partial charge < -0.3 is 10.2 Å². The number of aromatic nitrogens is 1. The summed E-state index contributed by atoms with van der Waals surface area (Å²) in [5.74, 6) is 0.130. The lowest BCUT2D eigenvalue weighted by Gasteiger charge is -2.17. The quantitative estimate of drug-likeness (QED) is 0.915. The molecule has 0 bridgehead atoms. The summed E-state index contributed by atoms with van der Waals surface area (Å²) < 4.78 is 0. The Morgan fingerprint density at radius 3 is 3.14 bits per heavy atom. The number of thiophene rings is 1. The van der Waals surface area contributed by atoms with Gasteiger partial charge in [0.05, 0.1) is 6.04 Å². The van der Waals surface area contributed by atoms with Gasteiger partial charge in [-0.2, -0.15) is 16.6 Å². The molecule has 0 spiro atoms. The smallest absolute Gasteiger partial charge is 0.240 e. The fourth-order valence-electron chi connectivity index (χ4n) is 2.57. The third-order valence-electron chi connectivity index (χ3n) is 3.74. The van der Waals surface area contributed by atoms with Gasteiger partial charge in [0.25, 0.3) is 0 Å². The Hall–Kier alpha value is -2.23. The van der Waals surface area contributed by atoms with Gasteiger partial charge in [0.2, 0.25) is 5.91 Å². The standard InChI is InChI=1S/C16H16N4OS/c17-8-14-7-12(1-4-18-14)10-20-5-2-15(16(20)21)19-9-13-3-6-22-11-13/h1,3-4,6-7,11,15,19H,2,5,9-10H2/t15-/m0/s1. The number of nitriles is 1. The maximum absolute atomic E-state index is 12.4. The second-order valence-electron chi connectivity index (χ2n) is 5.27. The zero-order chi connectivity index (χ0) is 15.4. The molecule has 3 heterocycles. The van der Waals surface area contributed by atoms with Gasteiger partial charge in [-0.3, -0.25) is 4.79 Å². The van der Waals surface area contributed by atoms with Crippen LogP contribution in [0.25, 0.3) is 0 Å². The van der Waals surface area contributed by atoms with E-state index >= 15 is 0 Å². The van der Waals surface area contributed by atoms with Crippen LogP contribution in [0.3, 0.4) is 0 Å². The van der Waals surface area contributed by atoms with Crippen molar-refractivity contribution in [1.29, 1.82) is 5.26 Å². The molecule has 112 valence electrons. The predicted octanol–water partition coefficient (Wildman–Crippen LogP) is 1.91. The summed E-state index contributed by atoms with van der Waals surface area (Å²) in [5, 5.41) is 16.3.